The Bertz CT molecular complexity index is 430. The molecule has 0 saturated heterocycles. The third kappa shape index (κ3) is 2.30. The van der Waals surface area contributed by atoms with Crippen molar-refractivity contribution in [1.82, 2.24) is 0 Å². The van der Waals surface area contributed by atoms with Gasteiger partial charge in [0.15, 0.2) is 0 Å². The van der Waals surface area contributed by atoms with Gasteiger partial charge in [-0.3, -0.25) is 0 Å². The van der Waals surface area contributed by atoms with E-state index in [2.05, 4.69) is 15.9 Å². The fourth-order valence-electron chi connectivity index (χ4n) is 1.42. The summed E-state index contributed by atoms with van der Waals surface area (Å²) in [6, 6.07) is 11.7. The molecule has 1 atom stereocenters. The van der Waals surface area contributed by atoms with Crippen molar-refractivity contribution in [2.45, 2.75) is 13.0 Å². The molecule has 1 unspecified atom stereocenters. The number of hydrogen-bond donors (Lipinski definition) is 1. The van der Waals surface area contributed by atoms with Gasteiger partial charge < -0.3 is 5.11 Å². The molecule has 0 amide bonds. The summed E-state index contributed by atoms with van der Waals surface area (Å²) in [5, 5.41) is 10.1. The van der Waals surface area contributed by atoms with E-state index in [4.69, 9.17) is 0 Å². The first kappa shape index (κ1) is 10.9. The minimum atomic E-state index is -0.513. The van der Waals surface area contributed by atoms with Crippen LogP contribution in [0.15, 0.2) is 40.2 Å². The van der Waals surface area contributed by atoms with Crippen LogP contribution >= 0.6 is 27.3 Å². The Morgan fingerprint density at radius 2 is 1.93 bits per heavy atom. The van der Waals surface area contributed by atoms with Gasteiger partial charge in [0, 0.05) is 4.88 Å². The second kappa shape index (κ2) is 4.47. The standard InChI is InChI=1S/C12H11BrOS/c1-8-7-10(15-12(8)13)11(14)9-5-3-2-4-6-9/h2-7,11,14H,1H3. The van der Waals surface area contributed by atoms with Crippen LogP contribution in [0, 0.1) is 6.92 Å². The number of aryl methyl sites for hydroxylation is 1. The first-order valence-electron chi connectivity index (χ1n) is 4.67. The van der Waals surface area contributed by atoms with Crippen LogP contribution in [0.2, 0.25) is 0 Å². The Morgan fingerprint density at radius 3 is 2.47 bits per heavy atom. The highest BCUT2D eigenvalue weighted by Crippen LogP contribution is 2.33. The molecule has 1 N–H and O–H groups in total. The van der Waals surface area contributed by atoms with E-state index in [0.29, 0.717) is 0 Å². The molecule has 2 rings (SSSR count). The second-order valence-electron chi connectivity index (χ2n) is 3.42. The average Bonchev–Trinajstić information content (AvgIpc) is 2.59. The SMILES string of the molecule is Cc1cc(C(O)c2ccccc2)sc1Br. The van der Waals surface area contributed by atoms with Crippen molar-refractivity contribution in [3.05, 3.63) is 56.2 Å². The highest BCUT2D eigenvalue weighted by Gasteiger charge is 2.13. The van der Waals surface area contributed by atoms with Crippen molar-refractivity contribution in [1.29, 1.82) is 0 Å². The van der Waals surface area contributed by atoms with Crippen molar-refractivity contribution in [2.24, 2.45) is 0 Å². The lowest BCUT2D eigenvalue weighted by Crippen LogP contribution is -1.95. The maximum atomic E-state index is 10.1. The first-order valence-corrected chi connectivity index (χ1v) is 6.28. The zero-order valence-corrected chi connectivity index (χ0v) is 10.7. The van der Waals surface area contributed by atoms with Crippen molar-refractivity contribution in [2.75, 3.05) is 0 Å². The summed E-state index contributed by atoms with van der Waals surface area (Å²) in [6.45, 7) is 2.03. The summed E-state index contributed by atoms with van der Waals surface area (Å²) >= 11 is 5.05. The molecule has 0 spiro atoms. The Labute approximate surface area is 102 Å². The minimum absolute atomic E-state index is 0.513. The molecule has 1 heterocycles. The van der Waals surface area contributed by atoms with Crippen molar-refractivity contribution in [3.63, 3.8) is 0 Å². The molecular weight excluding hydrogens is 272 g/mol. The van der Waals surface area contributed by atoms with E-state index < -0.39 is 6.10 Å². The van der Waals surface area contributed by atoms with Gasteiger partial charge in [-0.05, 0) is 40.0 Å². The molecular formula is C12H11BrOS. The predicted molar refractivity (Wildman–Crippen MR) is 67.3 cm³/mol. The van der Waals surface area contributed by atoms with Gasteiger partial charge in [0.05, 0.1) is 3.79 Å². The summed E-state index contributed by atoms with van der Waals surface area (Å²) in [5.74, 6) is 0. The first-order chi connectivity index (χ1) is 7.18. The molecule has 1 nitrogen and oxygen atoms in total. The molecule has 0 radical (unpaired) electrons. The Balaban J connectivity index is 2.32. The van der Waals surface area contributed by atoms with Crippen molar-refractivity contribution >= 4 is 27.3 Å². The number of thiophene rings is 1. The van der Waals surface area contributed by atoms with Crippen LogP contribution in [-0.2, 0) is 0 Å². The lowest BCUT2D eigenvalue weighted by atomic mass is 10.1. The number of hydrogen-bond acceptors (Lipinski definition) is 2. The average molecular weight is 283 g/mol. The molecule has 3 heteroatoms. The Kier molecular flexibility index (Phi) is 3.24. The van der Waals surface area contributed by atoms with E-state index in [1.165, 1.54) is 5.56 Å². The Hall–Kier alpha value is -0.640. The van der Waals surface area contributed by atoms with Crippen LogP contribution in [0.25, 0.3) is 0 Å². The molecule has 1 aromatic heterocycles. The molecule has 78 valence electrons. The number of rotatable bonds is 2. The van der Waals surface area contributed by atoms with E-state index in [0.717, 1.165) is 14.2 Å². The zero-order chi connectivity index (χ0) is 10.8. The van der Waals surface area contributed by atoms with Crippen LogP contribution < -0.4 is 0 Å². The van der Waals surface area contributed by atoms with Crippen LogP contribution in [-0.4, -0.2) is 5.11 Å². The molecule has 0 bridgehead atoms. The van der Waals surface area contributed by atoms with Gasteiger partial charge in [-0.2, -0.15) is 0 Å². The molecule has 0 aliphatic rings. The number of benzene rings is 1. The smallest absolute Gasteiger partial charge is 0.113 e. The fraction of sp³-hybridized carbons (Fsp3) is 0.167. The van der Waals surface area contributed by atoms with Crippen molar-refractivity contribution in [3.8, 4) is 0 Å². The Morgan fingerprint density at radius 1 is 1.27 bits per heavy atom. The second-order valence-corrected chi connectivity index (χ2v) is 5.82. The maximum Gasteiger partial charge on any atom is 0.113 e. The third-order valence-electron chi connectivity index (χ3n) is 2.26. The summed E-state index contributed by atoms with van der Waals surface area (Å²) in [7, 11) is 0. The normalized spacial score (nSPS) is 12.7. The molecule has 0 aliphatic carbocycles. The van der Waals surface area contributed by atoms with Gasteiger partial charge in [0.1, 0.15) is 6.10 Å². The highest BCUT2D eigenvalue weighted by molar-refractivity contribution is 9.11. The zero-order valence-electron chi connectivity index (χ0n) is 8.27. The maximum absolute atomic E-state index is 10.1. The summed E-state index contributed by atoms with van der Waals surface area (Å²) in [6.07, 6.45) is -0.513. The molecule has 2 aromatic rings. The van der Waals surface area contributed by atoms with Crippen molar-refractivity contribution < 1.29 is 5.11 Å². The van der Waals surface area contributed by atoms with Gasteiger partial charge in [0.2, 0.25) is 0 Å². The fourth-order valence-corrected chi connectivity index (χ4v) is 3.00. The van der Waals surface area contributed by atoms with Gasteiger partial charge >= 0.3 is 0 Å². The van der Waals surface area contributed by atoms with Crippen LogP contribution in [0.1, 0.15) is 22.1 Å². The molecule has 1 aromatic carbocycles. The van der Waals surface area contributed by atoms with Gasteiger partial charge in [-0.15, -0.1) is 11.3 Å². The van der Waals surface area contributed by atoms with Crippen LogP contribution in [0.5, 0.6) is 0 Å². The van der Waals surface area contributed by atoms with E-state index >= 15 is 0 Å². The van der Waals surface area contributed by atoms with Gasteiger partial charge in [0.25, 0.3) is 0 Å². The van der Waals surface area contributed by atoms with Gasteiger partial charge in [-0.1, -0.05) is 30.3 Å². The minimum Gasteiger partial charge on any atom is -0.383 e. The monoisotopic (exact) mass is 282 g/mol. The predicted octanol–water partition coefficient (Wildman–Crippen LogP) is 3.90. The lowest BCUT2D eigenvalue weighted by Gasteiger charge is -2.07. The number of halogens is 1. The van der Waals surface area contributed by atoms with Gasteiger partial charge in [-0.25, -0.2) is 0 Å². The van der Waals surface area contributed by atoms with Crippen LogP contribution in [0.4, 0.5) is 0 Å². The van der Waals surface area contributed by atoms with E-state index in [-0.39, 0.29) is 0 Å². The van der Waals surface area contributed by atoms with E-state index in [9.17, 15) is 5.11 Å². The highest BCUT2D eigenvalue weighted by atomic mass is 79.9. The number of aliphatic hydroxyl groups is 1. The topological polar surface area (TPSA) is 20.2 Å². The molecule has 0 aliphatic heterocycles. The lowest BCUT2D eigenvalue weighted by molar-refractivity contribution is 0.224. The van der Waals surface area contributed by atoms with E-state index in [1.807, 2.05) is 43.3 Å². The quantitative estimate of drug-likeness (QED) is 0.886. The summed E-state index contributed by atoms with van der Waals surface area (Å²) in [4.78, 5) is 0.977. The number of aliphatic hydroxyl groups excluding tert-OH is 1. The summed E-state index contributed by atoms with van der Waals surface area (Å²) < 4.78 is 1.09. The van der Waals surface area contributed by atoms with Crippen LogP contribution in [0.3, 0.4) is 0 Å². The largest absolute Gasteiger partial charge is 0.383 e. The van der Waals surface area contributed by atoms with E-state index in [1.54, 1.807) is 11.3 Å². The summed E-state index contributed by atoms with van der Waals surface area (Å²) in [5.41, 5.74) is 2.11. The third-order valence-corrected chi connectivity index (χ3v) is 4.45. The molecule has 0 fully saturated rings. The molecule has 15 heavy (non-hydrogen) atoms. The molecule has 0 saturated carbocycles.